The minimum absolute atomic E-state index is 0.120. The van der Waals surface area contributed by atoms with Crippen molar-refractivity contribution in [3.8, 4) is 0 Å². The number of rotatable bonds is 3. The van der Waals surface area contributed by atoms with Gasteiger partial charge in [-0.15, -0.1) is 0 Å². The monoisotopic (exact) mass is 271 g/mol. The van der Waals surface area contributed by atoms with E-state index in [-0.39, 0.29) is 23.4 Å². The van der Waals surface area contributed by atoms with Crippen LogP contribution in [-0.2, 0) is 10.0 Å². The highest BCUT2D eigenvalue weighted by Gasteiger charge is 2.34. The topological polar surface area (TPSA) is 96.5 Å². The Morgan fingerprint density at radius 1 is 1.50 bits per heavy atom. The number of nitrogens with two attached hydrogens (primary N) is 1. The molecule has 0 bridgehead atoms. The first-order chi connectivity index (χ1) is 8.57. The van der Waals surface area contributed by atoms with Gasteiger partial charge in [0, 0.05) is 18.8 Å². The van der Waals surface area contributed by atoms with Crippen molar-refractivity contribution in [2.75, 3.05) is 18.9 Å². The summed E-state index contributed by atoms with van der Waals surface area (Å²) in [4.78, 5) is 3.86. The van der Waals surface area contributed by atoms with Crippen LogP contribution >= 0.6 is 0 Å². The average molecular weight is 271 g/mol. The maximum atomic E-state index is 12.4. The molecule has 0 aromatic carbocycles. The van der Waals surface area contributed by atoms with Gasteiger partial charge in [-0.3, -0.25) is 0 Å². The van der Waals surface area contributed by atoms with E-state index in [9.17, 15) is 13.5 Å². The summed E-state index contributed by atoms with van der Waals surface area (Å²) in [6, 6.07) is 2.73. The number of hydrogen-bond acceptors (Lipinski definition) is 5. The van der Waals surface area contributed by atoms with Crippen molar-refractivity contribution in [3.05, 3.63) is 18.3 Å². The lowest BCUT2D eigenvalue weighted by Crippen LogP contribution is -2.45. The predicted molar refractivity (Wildman–Crippen MR) is 67.3 cm³/mol. The SMILES string of the molecule is Nc1cccnc1S(=O)(=O)N1CCCCC1CO. The highest BCUT2D eigenvalue weighted by atomic mass is 32.2. The molecule has 18 heavy (non-hydrogen) atoms. The molecule has 0 spiro atoms. The normalized spacial score (nSPS) is 21.9. The molecule has 1 fully saturated rings. The lowest BCUT2D eigenvalue weighted by Gasteiger charge is -2.33. The molecule has 0 radical (unpaired) electrons. The molecule has 1 aromatic heterocycles. The zero-order valence-electron chi connectivity index (χ0n) is 9.99. The first-order valence-electron chi connectivity index (χ1n) is 5.90. The van der Waals surface area contributed by atoms with Crippen LogP contribution in [0.5, 0.6) is 0 Å². The first-order valence-corrected chi connectivity index (χ1v) is 7.34. The summed E-state index contributed by atoms with van der Waals surface area (Å²) in [5, 5.41) is 9.16. The van der Waals surface area contributed by atoms with Gasteiger partial charge in [0.05, 0.1) is 12.3 Å². The Kier molecular flexibility index (Phi) is 3.84. The molecule has 0 saturated carbocycles. The van der Waals surface area contributed by atoms with Crippen LogP contribution in [-0.4, -0.2) is 42.0 Å². The Bertz CT molecular complexity index is 518. The zero-order valence-corrected chi connectivity index (χ0v) is 10.8. The fourth-order valence-corrected chi connectivity index (χ4v) is 3.92. The smallest absolute Gasteiger partial charge is 0.262 e. The minimum Gasteiger partial charge on any atom is -0.396 e. The Hall–Kier alpha value is -1.18. The summed E-state index contributed by atoms with van der Waals surface area (Å²) in [6.07, 6.45) is 3.79. The number of anilines is 1. The number of piperidine rings is 1. The van der Waals surface area contributed by atoms with Crippen molar-refractivity contribution in [2.24, 2.45) is 0 Å². The van der Waals surface area contributed by atoms with E-state index in [0.717, 1.165) is 12.8 Å². The van der Waals surface area contributed by atoms with Crippen molar-refractivity contribution in [1.82, 2.24) is 9.29 Å². The van der Waals surface area contributed by atoms with Crippen molar-refractivity contribution in [3.63, 3.8) is 0 Å². The molecule has 6 nitrogen and oxygen atoms in total. The first kappa shape index (κ1) is 13.3. The minimum atomic E-state index is -3.72. The van der Waals surface area contributed by atoms with Crippen LogP contribution in [0.15, 0.2) is 23.4 Å². The maximum Gasteiger partial charge on any atom is 0.262 e. The number of sulfonamides is 1. The Morgan fingerprint density at radius 3 is 2.94 bits per heavy atom. The summed E-state index contributed by atoms with van der Waals surface area (Å²) in [7, 11) is -3.72. The van der Waals surface area contributed by atoms with E-state index in [1.54, 1.807) is 6.07 Å². The average Bonchev–Trinajstić information content (AvgIpc) is 2.39. The molecule has 1 aliphatic heterocycles. The summed E-state index contributed by atoms with van der Waals surface area (Å²) in [6.45, 7) is 0.232. The van der Waals surface area contributed by atoms with Crippen LogP contribution < -0.4 is 5.73 Å². The molecule has 1 unspecified atom stereocenters. The molecule has 0 aliphatic carbocycles. The standard InChI is InChI=1S/C11H17N3O3S/c12-10-5-3-6-13-11(10)18(16,17)14-7-2-1-4-9(14)8-15/h3,5-6,9,15H,1-2,4,7-8,12H2. The third-order valence-corrected chi connectivity index (χ3v) is 5.07. The highest BCUT2D eigenvalue weighted by Crippen LogP contribution is 2.26. The van der Waals surface area contributed by atoms with Gasteiger partial charge in [0.25, 0.3) is 10.0 Å². The van der Waals surface area contributed by atoms with Crippen LogP contribution in [0.2, 0.25) is 0 Å². The van der Waals surface area contributed by atoms with E-state index in [0.29, 0.717) is 13.0 Å². The second-order valence-corrected chi connectivity index (χ2v) is 6.15. The van der Waals surface area contributed by atoms with Crippen LogP contribution in [0, 0.1) is 0 Å². The molecule has 1 aliphatic rings. The summed E-state index contributed by atoms with van der Waals surface area (Å²) in [5.41, 5.74) is 5.81. The van der Waals surface area contributed by atoms with Gasteiger partial charge in [-0.1, -0.05) is 6.42 Å². The highest BCUT2D eigenvalue weighted by molar-refractivity contribution is 7.89. The molecule has 100 valence electrons. The summed E-state index contributed by atoms with van der Waals surface area (Å²) >= 11 is 0. The molecule has 1 saturated heterocycles. The van der Waals surface area contributed by atoms with Crippen molar-refractivity contribution >= 4 is 15.7 Å². The van der Waals surface area contributed by atoms with Gasteiger partial charge >= 0.3 is 0 Å². The number of nitrogens with zero attached hydrogens (tertiary/aromatic N) is 2. The molecule has 3 N–H and O–H groups in total. The van der Waals surface area contributed by atoms with E-state index in [2.05, 4.69) is 4.98 Å². The molecule has 1 atom stereocenters. The molecule has 2 rings (SSSR count). The lowest BCUT2D eigenvalue weighted by molar-refractivity contribution is 0.155. The molecular weight excluding hydrogens is 254 g/mol. The van der Waals surface area contributed by atoms with E-state index in [1.807, 2.05) is 0 Å². The van der Waals surface area contributed by atoms with Gasteiger partial charge < -0.3 is 10.8 Å². The number of aliphatic hydroxyl groups is 1. The maximum absolute atomic E-state index is 12.4. The molecule has 2 heterocycles. The van der Waals surface area contributed by atoms with E-state index in [1.165, 1.54) is 16.6 Å². The number of aliphatic hydroxyl groups excluding tert-OH is 1. The van der Waals surface area contributed by atoms with Gasteiger partial charge in [-0.25, -0.2) is 13.4 Å². The van der Waals surface area contributed by atoms with Crippen LogP contribution in [0.1, 0.15) is 19.3 Å². The van der Waals surface area contributed by atoms with E-state index >= 15 is 0 Å². The van der Waals surface area contributed by atoms with Gasteiger partial charge in [-0.2, -0.15) is 4.31 Å². The van der Waals surface area contributed by atoms with Crippen LogP contribution in [0.4, 0.5) is 5.69 Å². The largest absolute Gasteiger partial charge is 0.396 e. The molecular formula is C11H17N3O3S. The number of nitrogen functional groups attached to an aromatic ring is 1. The third kappa shape index (κ3) is 2.33. The predicted octanol–water partition coefficient (Wildman–Crippen LogP) is 0.199. The van der Waals surface area contributed by atoms with Gasteiger partial charge in [0.1, 0.15) is 0 Å². The summed E-state index contributed by atoms with van der Waals surface area (Å²) < 4.78 is 26.2. The quantitative estimate of drug-likeness (QED) is 0.818. The van der Waals surface area contributed by atoms with Gasteiger partial charge in [-0.05, 0) is 25.0 Å². The second-order valence-electron chi connectivity index (χ2n) is 4.35. The Morgan fingerprint density at radius 2 is 2.28 bits per heavy atom. The Labute approximate surface area is 106 Å². The number of pyridine rings is 1. The summed E-state index contributed by atoms with van der Waals surface area (Å²) in [5.74, 6) is 0. The van der Waals surface area contributed by atoms with Gasteiger partial charge in [0.15, 0.2) is 5.03 Å². The molecule has 0 amide bonds. The van der Waals surface area contributed by atoms with E-state index < -0.39 is 10.0 Å². The van der Waals surface area contributed by atoms with Crippen molar-refractivity contribution in [2.45, 2.75) is 30.3 Å². The van der Waals surface area contributed by atoms with Crippen LogP contribution in [0.25, 0.3) is 0 Å². The zero-order chi connectivity index (χ0) is 13.2. The fourth-order valence-electron chi connectivity index (χ4n) is 2.20. The lowest BCUT2D eigenvalue weighted by atomic mass is 10.1. The molecule has 1 aromatic rings. The third-order valence-electron chi connectivity index (χ3n) is 3.14. The fraction of sp³-hybridized carbons (Fsp3) is 0.545. The van der Waals surface area contributed by atoms with Crippen molar-refractivity contribution < 1.29 is 13.5 Å². The number of hydrogen-bond donors (Lipinski definition) is 2. The Balaban J connectivity index is 2.39. The second kappa shape index (κ2) is 5.21. The van der Waals surface area contributed by atoms with E-state index in [4.69, 9.17) is 5.73 Å². The number of aromatic nitrogens is 1. The van der Waals surface area contributed by atoms with Gasteiger partial charge in [0.2, 0.25) is 0 Å². The molecule has 7 heteroatoms. The van der Waals surface area contributed by atoms with Crippen LogP contribution in [0.3, 0.4) is 0 Å². The van der Waals surface area contributed by atoms with Crippen molar-refractivity contribution in [1.29, 1.82) is 0 Å².